The molecule has 0 atom stereocenters. The molecule has 6 aromatic heterocycles. The van der Waals surface area contributed by atoms with E-state index in [0.29, 0.717) is 63.1 Å². The van der Waals surface area contributed by atoms with Crippen molar-refractivity contribution in [2.75, 3.05) is 49.4 Å². The van der Waals surface area contributed by atoms with Crippen LogP contribution in [-0.2, 0) is 96.1 Å². The number of nitro benzene ring substituents is 3. The van der Waals surface area contributed by atoms with E-state index in [9.17, 15) is 118 Å². The molecule has 0 fully saturated rings. The van der Waals surface area contributed by atoms with Gasteiger partial charge in [0.2, 0.25) is 11.8 Å². The lowest BCUT2D eigenvalue weighted by Crippen LogP contribution is -2.23. The second kappa shape index (κ2) is 46.4. The van der Waals surface area contributed by atoms with E-state index in [0.717, 1.165) is 18.4 Å². The zero-order valence-electron chi connectivity index (χ0n) is 70.2. The number of aliphatic hydroxyl groups excluding tert-OH is 2. The molecule has 712 valence electrons. The van der Waals surface area contributed by atoms with Gasteiger partial charge in [-0.15, -0.1) is 0 Å². The highest BCUT2D eigenvalue weighted by atomic mass is 35.5. The fourth-order valence-corrected chi connectivity index (χ4v) is 14.4. The summed E-state index contributed by atoms with van der Waals surface area (Å²) in [5, 5.41) is 59.6. The molecule has 0 radical (unpaired) electrons. The summed E-state index contributed by atoms with van der Waals surface area (Å²) in [7, 11) is 0. The first-order valence-electron chi connectivity index (χ1n) is 39.1. The van der Waals surface area contributed by atoms with Gasteiger partial charge in [-0.1, -0.05) is 81.7 Å². The molecule has 0 bridgehead atoms. The summed E-state index contributed by atoms with van der Waals surface area (Å²) in [4.78, 5) is 161. The van der Waals surface area contributed by atoms with Crippen LogP contribution in [0.1, 0.15) is 43.0 Å². The number of rotatable bonds is 22. The molecule has 0 aliphatic carbocycles. The minimum Gasteiger partial charge on any atom is -0.464 e. The fraction of sp³-hybridized carbons (Fsp3) is 0.193. The average molecular weight is 2010 g/mol. The number of hydrogen-bond acceptors (Lipinski definition) is 24. The number of hydrogen-bond donors (Lipinski definition) is 5. The Labute approximate surface area is 786 Å². The first-order valence-corrected chi connectivity index (χ1v) is 41.3. The Hall–Kier alpha value is -14.5. The van der Waals surface area contributed by atoms with Crippen molar-refractivity contribution in [1.82, 2.24) is 22.8 Å². The number of fused-ring (bicyclic) bond motifs is 6. The summed E-state index contributed by atoms with van der Waals surface area (Å²) in [6.07, 6.45) is -2.31. The van der Waals surface area contributed by atoms with Crippen LogP contribution in [0.5, 0.6) is 0 Å². The Morgan fingerprint density at radius 2 is 0.669 bits per heavy atom. The second-order valence-corrected chi connectivity index (χ2v) is 30.8. The van der Waals surface area contributed by atoms with Crippen molar-refractivity contribution < 1.29 is 103 Å². The van der Waals surface area contributed by atoms with Gasteiger partial charge < -0.3 is 68.0 Å². The van der Waals surface area contributed by atoms with Gasteiger partial charge in [0.1, 0.15) is 46.5 Å². The number of amides is 2. The largest absolute Gasteiger partial charge is 0.464 e. The number of carbonyl (C=O) groups is 5. The first kappa shape index (κ1) is 105. The van der Waals surface area contributed by atoms with E-state index in [4.69, 9.17) is 99.8 Å². The molecule has 14 aromatic rings. The molecule has 6 N–H and O–H groups in total. The number of aliphatic hydroxyl groups is 2. The van der Waals surface area contributed by atoms with Crippen LogP contribution in [0.25, 0.3) is 64.6 Å². The molecule has 0 unspecified atom stereocenters. The van der Waals surface area contributed by atoms with Gasteiger partial charge in [0.15, 0.2) is 0 Å². The van der Waals surface area contributed by atoms with Gasteiger partial charge in [0.25, 0.3) is 44.9 Å². The molecule has 0 spiro atoms. The number of aromatic nitrogens is 5. The van der Waals surface area contributed by atoms with E-state index in [1.54, 1.807) is 24.4 Å². The molecule has 0 aliphatic heterocycles. The first-order chi connectivity index (χ1) is 64.2. The van der Waals surface area contributed by atoms with Crippen LogP contribution in [0.4, 0.5) is 69.2 Å². The lowest BCUT2D eigenvalue weighted by molar-refractivity contribution is -0.383. The summed E-state index contributed by atoms with van der Waals surface area (Å²) in [6.45, 7) is 4.45. The van der Waals surface area contributed by atoms with Crippen LogP contribution in [-0.4, -0.2) is 111 Å². The van der Waals surface area contributed by atoms with E-state index < -0.39 is 109 Å². The third-order valence-corrected chi connectivity index (χ3v) is 21.3. The van der Waals surface area contributed by atoms with Gasteiger partial charge in [-0.25, -0.2) is 13.6 Å². The lowest BCUT2D eigenvalue weighted by Gasteiger charge is -2.13. The smallest absolute Gasteiger partial charge is 0.419 e. The van der Waals surface area contributed by atoms with E-state index >= 15 is 0 Å². The van der Waals surface area contributed by atoms with Crippen LogP contribution in [0.15, 0.2) is 216 Å². The number of halogens is 14. The number of ether oxygens (including phenoxy) is 3. The number of nitrogens with zero attached hydrogens (tertiary/aromatic N) is 8. The zero-order chi connectivity index (χ0) is 100. The monoisotopic (exact) mass is 2010 g/mol. The summed E-state index contributed by atoms with van der Waals surface area (Å²) in [5.74, 6) is -5.55. The number of pyridine rings is 5. The van der Waals surface area contributed by atoms with E-state index in [1.807, 2.05) is 0 Å². The molecule has 0 saturated carbocycles. The van der Waals surface area contributed by atoms with E-state index in [-0.39, 0.29) is 184 Å². The number of carbonyl (C=O) groups excluding carboxylic acids is 5. The maximum absolute atomic E-state index is 13.5. The van der Waals surface area contributed by atoms with E-state index in [2.05, 4.69) is 15.1 Å². The van der Waals surface area contributed by atoms with Crippen molar-refractivity contribution in [2.24, 2.45) is 0 Å². The molecule has 0 saturated heterocycles. The maximum atomic E-state index is 13.5. The topological polar surface area (TPSA) is 473 Å². The number of nitrogens with two attached hydrogens (primary N) is 1. The van der Waals surface area contributed by atoms with Crippen LogP contribution in [0.3, 0.4) is 0 Å². The minimum absolute atomic E-state index is 0.00176. The Morgan fingerprint density at radius 3 is 0.985 bits per heavy atom. The molecular formula is C88H69Cl6F8N11O23. The number of esters is 3. The van der Waals surface area contributed by atoms with Gasteiger partial charge in [-0.2, -0.15) is 26.3 Å². The van der Waals surface area contributed by atoms with Gasteiger partial charge in [0, 0.05) is 97.2 Å². The molecule has 2 amide bonds. The summed E-state index contributed by atoms with van der Waals surface area (Å²) >= 11 is 35.5. The van der Waals surface area contributed by atoms with Gasteiger partial charge in [-0.3, -0.25) is 78.3 Å². The van der Waals surface area contributed by atoms with Crippen molar-refractivity contribution in [2.45, 2.75) is 78.7 Å². The Morgan fingerprint density at radius 1 is 0.390 bits per heavy atom. The van der Waals surface area contributed by atoms with Gasteiger partial charge in [0.05, 0.1) is 142 Å². The van der Waals surface area contributed by atoms with Gasteiger partial charge in [-0.05, 0) is 145 Å². The van der Waals surface area contributed by atoms with Crippen LogP contribution < -0.4 is 49.8 Å². The molecule has 0 aliphatic rings. The van der Waals surface area contributed by atoms with Crippen LogP contribution in [0.2, 0.25) is 30.1 Å². The number of anilines is 3. The number of nitrogen functional groups attached to an aromatic ring is 1. The molecule has 6 heterocycles. The van der Waals surface area contributed by atoms with Crippen LogP contribution in [0, 0.1) is 42.0 Å². The second-order valence-electron chi connectivity index (χ2n) is 28.4. The third kappa shape index (κ3) is 26.3. The molecular weight excluding hydrogens is 1940 g/mol. The molecule has 48 heteroatoms. The zero-order valence-corrected chi connectivity index (χ0v) is 74.8. The highest BCUT2D eigenvalue weighted by molar-refractivity contribution is 6.37. The Kier molecular flexibility index (Phi) is 35.9. The number of nitrogens with one attached hydrogen (secondary N) is 2. The van der Waals surface area contributed by atoms with E-state index in [1.165, 1.54) is 159 Å². The Bertz CT molecular complexity index is 7440. The highest BCUT2D eigenvalue weighted by Gasteiger charge is 2.36. The summed E-state index contributed by atoms with van der Waals surface area (Å²) < 4.78 is 130. The molecule has 136 heavy (non-hydrogen) atoms. The number of alkyl halides is 6. The maximum Gasteiger partial charge on any atom is 0.419 e. The SMILES string of the molecule is CC(=O)OCCn1ccc2c(N)c(Cl)ccc2c1=O.CC(=O)OCCn1ccc2c(NC(=O)Cc3ccc(F)c(C(F)(F)F)c3)c(Cl)ccc2c1=O.CC(=O)OCCn1ccc2c([N+](=O)[O-])c(Cl)ccc2c1=O.O=C(Cc1ccc(F)c(C(F)(F)F)c1)Nc1c(Cl)ccc2c(=O)n(CCO)ccc12.O=c1c2ccc(Cl)c([N+](=O)[O-])c2ccn1CCO.O=c1occc2c([N+](=O)[O-])c(Cl)ccc12. The quantitative estimate of drug-likeness (QED) is 0.0105. The Balaban J connectivity index is 0.000000187. The van der Waals surface area contributed by atoms with Crippen molar-refractivity contribution >= 4 is 198 Å². The predicted molar refractivity (Wildman–Crippen MR) is 490 cm³/mol. The highest BCUT2D eigenvalue weighted by Crippen LogP contribution is 2.39. The van der Waals surface area contributed by atoms with Crippen molar-refractivity contribution in [3.8, 4) is 0 Å². The average Bonchev–Trinajstić information content (AvgIpc) is 0.808. The van der Waals surface area contributed by atoms with Crippen molar-refractivity contribution in [1.29, 1.82) is 0 Å². The van der Waals surface area contributed by atoms with Gasteiger partial charge >= 0.3 is 35.9 Å². The summed E-state index contributed by atoms with van der Waals surface area (Å²) in [6, 6.07) is 30.9. The molecule has 34 nitrogen and oxygen atoms in total. The lowest BCUT2D eigenvalue weighted by atomic mass is 10.1. The molecule has 8 aromatic carbocycles. The standard InChI is InChI=1S/C22H17ClF4N2O4.C20H15ClF4N2O3.C13H11ClN2O5.C13H13ClN2O3.C11H9ClN2O4.C9H4ClNO4/c1-12(30)33-9-8-29-7-6-14-15(21(29)32)3-4-17(23)20(14)28-19(31)11-13-2-5-18(24)16(10-13)22(25,26)27;21-15-3-2-13-12(5-6-27(7-8-28)19(13)30)18(15)26-17(29)10-11-1-4-16(22)14(9-11)20(23,24)25;1-8(17)21-7-6-15-5-4-9-10(13(15)18)2-3-11(14)12(9)16(19)20;1-8(17)19-7-6-16-5-4-9-10(13(16)18)2-3-11(14)12(9)15;12-9-2-1-8-7(10(9)14(17)18)3-4-13(5-6-15)11(8)16;10-7-2-1-6-5(8(7)11(13)14)3-4-15-9(6)12/h2-7,10H,8-9,11H2,1H3,(H,28,31);1-6,9,28H,7-8,10H2,(H,26,29);2-5H,6-7H2,1H3;2-5H,6-7,15H2,1H3;1-4,15H,5-6H2;1-4H. The van der Waals surface area contributed by atoms with Crippen LogP contribution >= 0.6 is 69.6 Å². The predicted octanol–water partition coefficient (Wildman–Crippen LogP) is 16.4. The van der Waals surface area contributed by atoms with Crippen molar-refractivity contribution in [3.63, 3.8) is 0 Å². The fourth-order valence-electron chi connectivity index (χ4n) is 13.2. The molecule has 14 rings (SSSR count). The normalized spacial score (nSPS) is 11.1. The van der Waals surface area contributed by atoms with Crippen molar-refractivity contribution in [3.05, 3.63) is 339 Å². The summed E-state index contributed by atoms with van der Waals surface area (Å²) in [5.41, 5.74) is 0.189. The third-order valence-electron chi connectivity index (χ3n) is 19.4. The number of benzene rings is 8. The minimum atomic E-state index is -4.90. The number of nitro groups is 3.